The largest absolute Gasteiger partial charge is 0.493 e. The van der Waals surface area contributed by atoms with E-state index in [0.29, 0.717) is 17.1 Å². The molecule has 2 aromatic carbocycles. The van der Waals surface area contributed by atoms with Crippen LogP contribution >= 0.6 is 11.3 Å². The number of nitrogens with one attached hydrogen (secondary N) is 1. The van der Waals surface area contributed by atoms with Gasteiger partial charge in [0.2, 0.25) is 5.91 Å². The molecule has 0 fully saturated rings. The highest BCUT2D eigenvalue weighted by atomic mass is 32.1. The summed E-state index contributed by atoms with van der Waals surface area (Å²) >= 11 is 1.38. The molecule has 1 N–H and O–H groups in total. The lowest BCUT2D eigenvalue weighted by Gasteiger charge is -2.03. The third kappa shape index (κ3) is 3.60. The Labute approximate surface area is 154 Å². The molecule has 0 saturated carbocycles. The van der Waals surface area contributed by atoms with E-state index in [2.05, 4.69) is 16.4 Å². The lowest BCUT2D eigenvalue weighted by Crippen LogP contribution is -2.12. The molecule has 0 radical (unpaired) electrons. The van der Waals surface area contributed by atoms with Gasteiger partial charge in [-0.05, 0) is 41.8 Å². The van der Waals surface area contributed by atoms with Crippen LogP contribution in [0, 0.1) is 5.82 Å². The molecular formula is C20H17FN2O2S. The minimum atomic E-state index is -0.280. The first-order chi connectivity index (χ1) is 12.7. The number of carbonyl (C=O) groups excluding carboxylic acids is 1. The third-order valence-electron chi connectivity index (χ3n) is 4.31. The number of benzene rings is 2. The molecule has 3 aromatic rings. The van der Waals surface area contributed by atoms with Crippen LogP contribution < -0.4 is 10.1 Å². The number of hydrogen-bond donors (Lipinski definition) is 1. The molecule has 1 aliphatic rings. The zero-order valence-corrected chi connectivity index (χ0v) is 14.8. The predicted molar refractivity (Wildman–Crippen MR) is 100 cm³/mol. The second kappa shape index (κ2) is 7.25. The first-order valence-electron chi connectivity index (χ1n) is 8.44. The summed E-state index contributed by atoms with van der Waals surface area (Å²) in [5.74, 6) is 0.486. The number of aromatic nitrogens is 1. The van der Waals surface area contributed by atoms with Gasteiger partial charge in [0.15, 0.2) is 5.13 Å². The number of fused-ring (bicyclic) bond motifs is 1. The Bertz CT molecular complexity index is 954. The maximum absolute atomic E-state index is 13.6. The Morgan fingerprint density at radius 1 is 1.27 bits per heavy atom. The molecule has 132 valence electrons. The zero-order chi connectivity index (χ0) is 17.9. The molecule has 6 heteroatoms. The van der Waals surface area contributed by atoms with Crippen molar-refractivity contribution in [1.82, 2.24) is 4.98 Å². The van der Waals surface area contributed by atoms with Gasteiger partial charge in [0, 0.05) is 23.8 Å². The smallest absolute Gasteiger partial charge is 0.226 e. The summed E-state index contributed by atoms with van der Waals surface area (Å²) in [5.41, 5.74) is 3.57. The molecule has 4 nitrogen and oxygen atoms in total. The summed E-state index contributed by atoms with van der Waals surface area (Å²) in [7, 11) is 0. The van der Waals surface area contributed by atoms with Gasteiger partial charge >= 0.3 is 0 Å². The van der Waals surface area contributed by atoms with Crippen LogP contribution in [-0.4, -0.2) is 17.5 Å². The maximum Gasteiger partial charge on any atom is 0.226 e. The first kappa shape index (κ1) is 16.7. The van der Waals surface area contributed by atoms with Crippen LogP contribution in [-0.2, 0) is 17.6 Å². The van der Waals surface area contributed by atoms with E-state index in [1.807, 2.05) is 17.5 Å². The fourth-order valence-corrected chi connectivity index (χ4v) is 3.68. The fourth-order valence-electron chi connectivity index (χ4n) is 2.94. The van der Waals surface area contributed by atoms with Crippen molar-refractivity contribution in [3.63, 3.8) is 0 Å². The highest BCUT2D eigenvalue weighted by molar-refractivity contribution is 7.14. The van der Waals surface area contributed by atoms with E-state index in [1.54, 1.807) is 18.2 Å². The average molecular weight is 368 g/mol. The summed E-state index contributed by atoms with van der Waals surface area (Å²) in [6, 6.07) is 12.5. The number of rotatable bonds is 5. The van der Waals surface area contributed by atoms with Gasteiger partial charge in [0.1, 0.15) is 11.6 Å². The number of thiazole rings is 1. The van der Waals surface area contributed by atoms with Gasteiger partial charge in [-0.15, -0.1) is 11.3 Å². The Hall–Kier alpha value is -2.73. The number of nitrogens with zero attached hydrogens (tertiary/aromatic N) is 1. The number of amides is 1. The van der Waals surface area contributed by atoms with Crippen molar-refractivity contribution in [2.45, 2.75) is 19.3 Å². The monoisotopic (exact) mass is 368 g/mol. The van der Waals surface area contributed by atoms with Crippen molar-refractivity contribution in [2.75, 3.05) is 11.9 Å². The highest BCUT2D eigenvalue weighted by Gasteiger charge is 2.14. The normalized spacial score (nSPS) is 12.5. The van der Waals surface area contributed by atoms with E-state index in [4.69, 9.17) is 4.74 Å². The van der Waals surface area contributed by atoms with Gasteiger partial charge in [-0.1, -0.05) is 18.2 Å². The van der Waals surface area contributed by atoms with E-state index in [9.17, 15) is 9.18 Å². The summed E-state index contributed by atoms with van der Waals surface area (Å²) in [4.78, 5) is 16.6. The lowest BCUT2D eigenvalue weighted by molar-refractivity contribution is -0.116. The Morgan fingerprint density at radius 3 is 3.04 bits per heavy atom. The minimum absolute atomic E-state index is 0.170. The molecule has 0 unspecified atom stereocenters. The zero-order valence-electron chi connectivity index (χ0n) is 14.0. The van der Waals surface area contributed by atoms with E-state index in [-0.39, 0.29) is 18.1 Å². The van der Waals surface area contributed by atoms with Crippen molar-refractivity contribution in [3.8, 4) is 17.0 Å². The van der Waals surface area contributed by atoms with Crippen molar-refractivity contribution in [3.05, 3.63) is 64.8 Å². The van der Waals surface area contributed by atoms with Crippen molar-refractivity contribution < 1.29 is 13.9 Å². The fraction of sp³-hybridized carbons (Fsp3) is 0.200. The third-order valence-corrected chi connectivity index (χ3v) is 5.07. The van der Waals surface area contributed by atoms with E-state index < -0.39 is 0 Å². The summed E-state index contributed by atoms with van der Waals surface area (Å²) in [5, 5.41) is 5.27. The van der Waals surface area contributed by atoms with Crippen LogP contribution in [0.1, 0.15) is 17.5 Å². The van der Waals surface area contributed by atoms with E-state index in [1.165, 1.54) is 23.0 Å². The quantitative estimate of drug-likeness (QED) is 0.724. The molecule has 4 rings (SSSR count). The molecular weight excluding hydrogens is 351 g/mol. The van der Waals surface area contributed by atoms with E-state index in [0.717, 1.165) is 30.0 Å². The second-order valence-corrected chi connectivity index (χ2v) is 6.96. The summed E-state index contributed by atoms with van der Waals surface area (Å²) in [6.45, 7) is 0.721. The van der Waals surface area contributed by atoms with Crippen LogP contribution in [0.5, 0.6) is 5.75 Å². The highest BCUT2D eigenvalue weighted by Crippen LogP contribution is 2.31. The van der Waals surface area contributed by atoms with Crippen LogP contribution in [0.25, 0.3) is 11.3 Å². The molecule has 0 saturated heterocycles. The van der Waals surface area contributed by atoms with Crippen LogP contribution in [0.4, 0.5) is 9.52 Å². The molecule has 0 spiro atoms. The molecule has 0 bridgehead atoms. The average Bonchev–Trinajstić information content (AvgIpc) is 3.29. The van der Waals surface area contributed by atoms with Crippen molar-refractivity contribution in [2.24, 2.45) is 0 Å². The van der Waals surface area contributed by atoms with Crippen LogP contribution in [0.15, 0.2) is 47.8 Å². The molecule has 1 amide bonds. The summed E-state index contributed by atoms with van der Waals surface area (Å²) < 4.78 is 19.1. The number of ether oxygens (including phenoxy) is 1. The number of aryl methyl sites for hydroxylation is 1. The van der Waals surface area contributed by atoms with Crippen LogP contribution in [0.2, 0.25) is 0 Å². The standard InChI is InChI=1S/C20H17FN2O2S/c21-16-4-2-1-3-13(16)6-8-19(24)23-20-22-17(12-26-20)14-5-7-18-15(11-14)9-10-25-18/h1-5,7,11-12H,6,8-10H2,(H,22,23,24). The SMILES string of the molecule is O=C(CCc1ccccc1F)Nc1nc(-c2ccc3c(c2)CCO3)cs1. The molecule has 26 heavy (non-hydrogen) atoms. The number of anilines is 1. The van der Waals surface area contributed by atoms with Gasteiger partial charge in [0.05, 0.1) is 12.3 Å². The Balaban J connectivity index is 1.39. The summed E-state index contributed by atoms with van der Waals surface area (Å²) in [6.07, 6.45) is 1.49. The van der Waals surface area contributed by atoms with Gasteiger partial charge in [-0.25, -0.2) is 9.37 Å². The van der Waals surface area contributed by atoms with Crippen molar-refractivity contribution in [1.29, 1.82) is 0 Å². The van der Waals surface area contributed by atoms with Crippen molar-refractivity contribution >= 4 is 22.4 Å². The van der Waals surface area contributed by atoms with Crippen LogP contribution in [0.3, 0.4) is 0 Å². The minimum Gasteiger partial charge on any atom is -0.493 e. The molecule has 1 aliphatic heterocycles. The van der Waals surface area contributed by atoms with Gasteiger partial charge in [-0.2, -0.15) is 0 Å². The first-order valence-corrected chi connectivity index (χ1v) is 9.32. The molecule has 0 atom stereocenters. The van der Waals surface area contributed by atoms with Gasteiger partial charge in [0.25, 0.3) is 0 Å². The number of carbonyl (C=O) groups is 1. The predicted octanol–water partition coefficient (Wildman–Crippen LogP) is 4.46. The molecule has 1 aromatic heterocycles. The number of halogens is 1. The Morgan fingerprint density at radius 2 is 2.15 bits per heavy atom. The second-order valence-electron chi connectivity index (χ2n) is 6.10. The number of hydrogen-bond acceptors (Lipinski definition) is 4. The topological polar surface area (TPSA) is 51.2 Å². The van der Waals surface area contributed by atoms with E-state index >= 15 is 0 Å². The van der Waals surface area contributed by atoms with Gasteiger partial charge < -0.3 is 10.1 Å². The van der Waals surface area contributed by atoms with Gasteiger partial charge in [-0.3, -0.25) is 4.79 Å². The maximum atomic E-state index is 13.6. The lowest BCUT2D eigenvalue weighted by atomic mass is 10.1. The molecule has 0 aliphatic carbocycles. The molecule has 2 heterocycles. The Kier molecular flexibility index (Phi) is 4.67.